The van der Waals surface area contributed by atoms with Gasteiger partial charge in [0.15, 0.2) is 11.6 Å². The molecule has 0 aromatic heterocycles. The molecular formula is C30H30BrN5O4. The SMILES string of the molecule is [N-]=[N+]=Nc1ccccc1[C@H]1OC(c2ccc(OCCCO)cc2)=N[C@@]1(Cc1ccccc1Br)C(=O)N1CCCC1. The molecule has 2 aliphatic heterocycles. The minimum Gasteiger partial charge on any atom is -0.494 e. The lowest BCUT2D eigenvalue weighted by Gasteiger charge is -2.34. The highest BCUT2D eigenvalue weighted by molar-refractivity contribution is 9.10. The Balaban J connectivity index is 1.63. The van der Waals surface area contributed by atoms with E-state index >= 15 is 0 Å². The molecule has 10 heteroatoms. The molecule has 1 amide bonds. The molecule has 2 aliphatic rings. The molecule has 40 heavy (non-hydrogen) atoms. The maximum atomic E-state index is 14.5. The molecule has 2 heterocycles. The van der Waals surface area contributed by atoms with Crippen LogP contribution in [0.3, 0.4) is 0 Å². The van der Waals surface area contributed by atoms with Gasteiger partial charge in [0.1, 0.15) is 5.75 Å². The van der Waals surface area contributed by atoms with Crippen molar-refractivity contribution < 1.29 is 19.4 Å². The summed E-state index contributed by atoms with van der Waals surface area (Å²) < 4.78 is 13.2. The number of carbonyl (C=O) groups is 1. The molecule has 3 aromatic rings. The zero-order valence-corrected chi connectivity index (χ0v) is 23.5. The molecule has 2 atom stereocenters. The number of aliphatic hydroxyl groups excluding tert-OH is 1. The molecule has 0 aliphatic carbocycles. The second-order valence-electron chi connectivity index (χ2n) is 9.80. The highest BCUT2D eigenvalue weighted by atomic mass is 79.9. The predicted octanol–water partition coefficient (Wildman–Crippen LogP) is 6.27. The first-order chi connectivity index (χ1) is 19.6. The number of aliphatic hydroxyl groups is 1. The van der Waals surface area contributed by atoms with Crippen LogP contribution in [0.1, 0.15) is 42.1 Å². The summed E-state index contributed by atoms with van der Waals surface area (Å²) in [5, 5.41) is 13.0. The van der Waals surface area contributed by atoms with Gasteiger partial charge in [-0.15, -0.1) is 0 Å². The number of rotatable bonds is 10. The van der Waals surface area contributed by atoms with Crippen molar-refractivity contribution in [2.75, 3.05) is 26.3 Å². The van der Waals surface area contributed by atoms with Crippen molar-refractivity contribution in [3.8, 4) is 5.75 Å². The monoisotopic (exact) mass is 603 g/mol. The Bertz CT molecular complexity index is 1430. The first-order valence-electron chi connectivity index (χ1n) is 13.3. The first kappa shape index (κ1) is 27.7. The number of nitrogens with zero attached hydrogens (tertiary/aromatic N) is 5. The van der Waals surface area contributed by atoms with Gasteiger partial charge in [0.05, 0.1) is 6.61 Å². The Kier molecular flexibility index (Phi) is 8.69. The second-order valence-corrected chi connectivity index (χ2v) is 10.7. The van der Waals surface area contributed by atoms with Gasteiger partial charge in [0.2, 0.25) is 5.90 Å². The number of hydrogen-bond donors (Lipinski definition) is 1. The van der Waals surface area contributed by atoms with Crippen LogP contribution in [-0.2, 0) is 16.0 Å². The van der Waals surface area contributed by atoms with E-state index in [-0.39, 0.29) is 18.9 Å². The third-order valence-corrected chi connectivity index (χ3v) is 7.96. The summed E-state index contributed by atoms with van der Waals surface area (Å²) in [4.78, 5) is 24.5. The average molecular weight is 605 g/mol. The fourth-order valence-electron chi connectivity index (χ4n) is 5.22. The Morgan fingerprint density at radius 3 is 2.58 bits per heavy atom. The molecule has 1 N–H and O–H groups in total. The zero-order chi connectivity index (χ0) is 28.0. The van der Waals surface area contributed by atoms with E-state index in [0.29, 0.717) is 54.6 Å². The number of likely N-dealkylation sites (tertiary alicyclic amines) is 1. The van der Waals surface area contributed by atoms with E-state index < -0.39 is 11.6 Å². The van der Waals surface area contributed by atoms with Crippen molar-refractivity contribution in [1.29, 1.82) is 0 Å². The topological polar surface area (TPSA) is 120 Å². The number of hydrogen-bond acceptors (Lipinski definition) is 6. The van der Waals surface area contributed by atoms with E-state index in [0.717, 1.165) is 22.9 Å². The third-order valence-electron chi connectivity index (χ3n) is 7.19. The van der Waals surface area contributed by atoms with Gasteiger partial charge in [-0.2, -0.15) is 0 Å². The van der Waals surface area contributed by atoms with Crippen molar-refractivity contribution >= 4 is 33.4 Å². The molecule has 0 saturated carbocycles. The minimum atomic E-state index is -1.33. The zero-order valence-electron chi connectivity index (χ0n) is 21.9. The quantitative estimate of drug-likeness (QED) is 0.127. The number of carbonyl (C=O) groups excluding carboxylic acids is 1. The molecule has 3 aromatic carbocycles. The number of ether oxygens (including phenoxy) is 2. The van der Waals surface area contributed by atoms with E-state index in [1.165, 1.54) is 0 Å². The van der Waals surface area contributed by atoms with Crippen LogP contribution in [0.4, 0.5) is 5.69 Å². The van der Waals surface area contributed by atoms with Gasteiger partial charge in [0, 0.05) is 58.7 Å². The van der Waals surface area contributed by atoms with Crippen LogP contribution in [0.5, 0.6) is 5.75 Å². The first-order valence-corrected chi connectivity index (χ1v) is 14.1. The molecule has 0 unspecified atom stereocenters. The highest BCUT2D eigenvalue weighted by Gasteiger charge is 2.55. The van der Waals surface area contributed by atoms with Crippen molar-refractivity contribution in [1.82, 2.24) is 4.90 Å². The van der Waals surface area contributed by atoms with Crippen LogP contribution in [-0.4, -0.2) is 53.7 Å². The summed E-state index contributed by atoms with van der Waals surface area (Å²) in [5.74, 6) is 0.886. The van der Waals surface area contributed by atoms with Crippen molar-refractivity contribution in [3.63, 3.8) is 0 Å². The Morgan fingerprint density at radius 2 is 1.85 bits per heavy atom. The summed E-state index contributed by atoms with van der Waals surface area (Å²) in [5.41, 5.74) is 10.6. The maximum Gasteiger partial charge on any atom is 0.255 e. The lowest BCUT2D eigenvalue weighted by molar-refractivity contribution is -0.138. The van der Waals surface area contributed by atoms with Crippen LogP contribution in [0.2, 0.25) is 0 Å². The minimum absolute atomic E-state index is 0.0616. The van der Waals surface area contributed by atoms with Crippen LogP contribution >= 0.6 is 15.9 Å². The molecule has 0 spiro atoms. The summed E-state index contributed by atoms with van der Waals surface area (Å²) in [6.45, 7) is 1.79. The molecular weight excluding hydrogens is 574 g/mol. The summed E-state index contributed by atoms with van der Waals surface area (Å²) >= 11 is 3.66. The molecule has 9 nitrogen and oxygen atoms in total. The largest absolute Gasteiger partial charge is 0.494 e. The Hall–Kier alpha value is -3.85. The van der Waals surface area contributed by atoms with Crippen LogP contribution in [0, 0.1) is 0 Å². The highest BCUT2D eigenvalue weighted by Crippen LogP contribution is 2.47. The average Bonchev–Trinajstić information content (AvgIpc) is 3.65. The van der Waals surface area contributed by atoms with Crippen LogP contribution < -0.4 is 4.74 Å². The van der Waals surface area contributed by atoms with E-state index in [1.54, 1.807) is 12.1 Å². The Labute approximate surface area is 241 Å². The van der Waals surface area contributed by atoms with Gasteiger partial charge >= 0.3 is 0 Å². The van der Waals surface area contributed by atoms with Crippen LogP contribution in [0.15, 0.2) is 87.4 Å². The van der Waals surface area contributed by atoms with Crippen molar-refractivity contribution in [2.45, 2.75) is 37.3 Å². The van der Waals surface area contributed by atoms with Gasteiger partial charge in [0.25, 0.3) is 5.91 Å². The number of benzene rings is 3. The Morgan fingerprint density at radius 1 is 1.12 bits per heavy atom. The van der Waals surface area contributed by atoms with Gasteiger partial charge in [-0.25, -0.2) is 4.99 Å². The summed E-state index contributed by atoms with van der Waals surface area (Å²) in [7, 11) is 0. The standard InChI is InChI=1S/C30H30BrN5O4/c31-25-10-3-1-8-22(25)20-30(29(38)36-16-5-6-17-36)27(24-9-2-4-11-26(24)34-35-32)40-28(33-30)21-12-14-23(15-13-21)39-19-7-18-37/h1-4,8-15,27,37H,5-7,16-20H2/t27-,30-/m1/s1. The van der Waals surface area contributed by atoms with Gasteiger partial charge in [-0.3, -0.25) is 4.79 Å². The summed E-state index contributed by atoms with van der Waals surface area (Å²) in [6.07, 6.45) is 1.87. The third kappa shape index (κ3) is 5.70. The van der Waals surface area contributed by atoms with E-state index in [9.17, 15) is 10.3 Å². The van der Waals surface area contributed by atoms with Crippen LogP contribution in [0.25, 0.3) is 10.4 Å². The fraction of sp³-hybridized carbons (Fsp3) is 0.333. The van der Waals surface area contributed by atoms with E-state index in [1.807, 2.05) is 65.6 Å². The molecule has 0 bridgehead atoms. The lowest BCUT2D eigenvalue weighted by atomic mass is 9.81. The number of azide groups is 1. The van der Waals surface area contributed by atoms with Gasteiger partial charge < -0.3 is 19.5 Å². The number of amides is 1. The molecule has 206 valence electrons. The fourth-order valence-corrected chi connectivity index (χ4v) is 5.64. The molecule has 0 radical (unpaired) electrons. The van der Waals surface area contributed by atoms with Gasteiger partial charge in [-0.1, -0.05) is 63.5 Å². The molecule has 5 rings (SSSR count). The molecule has 1 fully saturated rings. The van der Waals surface area contributed by atoms with Gasteiger partial charge in [-0.05, 0) is 54.3 Å². The normalized spacial score (nSPS) is 20.0. The molecule has 1 saturated heterocycles. The number of halogens is 1. The second kappa shape index (κ2) is 12.6. The van der Waals surface area contributed by atoms with E-state index in [4.69, 9.17) is 19.6 Å². The number of aliphatic imine (C=N–C) groups is 1. The predicted molar refractivity (Wildman–Crippen MR) is 156 cm³/mol. The lowest BCUT2D eigenvalue weighted by Crippen LogP contribution is -2.51. The maximum absolute atomic E-state index is 14.5. The van der Waals surface area contributed by atoms with Crippen molar-refractivity contribution in [2.24, 2.45) is 10.1 Å². The smallest absolute Gasteiger partial charge is 0.255 e. The summed E-state index contributed by atoms with van der Waals surface area (Å²) in [6, 6.07) is 22.3. The van der Waals surface area contributed by atoms with Crippen molar-refractivity contribution in [3.05, 3.63) is 104 Å². The van der Waals surface area contributed by atoms with E-state index in [2.05, 4.69) is 26.0 Å².